The predicted molar refractivity (Wildman–Crippen MR) is 148 cm³/mol. The van der Waals surface area contributed by atoms with Crippen molar-refractivity contribution in [3.05, 3.63) is 58.9 Å². The lowest BCUT2D eigenvalue weighted by Crippen LogP contribution is -2.44. The number of carbonyl (C=O) groups excluding carboxylic acids is 2. The van der Waals surface area contributed by atoms with Crippen molar-refractivity contribution >= 4 is 29.1 Å². The number of carbonyl (C=O) groups is 2. The summed E-state index contributed by atoms with van der Waals surface area (Å²) in [6.07, 6.45) is -9.47. The van der Waals surface area contributed by atoms with Crippen LogP contribution in [0.5, 0.6) is 0 Å². The van der Waals surface area contributed by atoms with Crippen LogP contribution in [0, 0.1) is 5.82 Å². The van der Waals surface area contributed by atoms with Crippen molar-refractivity contribution in [1.29, 1.82) is 0 Å². The molecular formula is C27H29F7N8O2. The molecule has 0 radical (unpaired) electrons. The van der Waals surface area contributed by atoms with Crippen molar-refractivity contribution in [1.82, 2.24) is 19.6 Å². The molecule has 0 aliphatic carbocycles. The number of hydrogen-bond donors (Lipinski definition) is 4. The van der Waals surface area contributed by atoms with Crippen LogP contribution in [0.1, 0.15) is 34.5 Å². The van der Waals surface area contributed by atoms with E-state index in [2.05, 4.69) is 20.6 Å². The van der Waals surface area contributed by atoms with Gasteiger partial charge in [0, 0.05) is 44.0 Å². The van der Waals surface area contributed by atoms with Gasteiger partial charge in [-0.2, -0.15) is 31.4 Å². The molecule has 10 nitrogen and oxygen atoms in total. The minimum atomic E-state index is -4.77. The molecule has 3 aromatic rings. The van der Waals surface area contributed by atoms with Crippen molar-refractivity contribution in [2.45, 2.75) is 31.9 Å². The number of likely N-dealkylation sites (N-methyl/N-ethyl adjacent to an activating group) is 1. The zero-order valence-corrected chi connectivity index (χ0v) is 23.5. The Bertz CT molecular complexity index is 1550. The van der Waals surface area contributed by atoms with E-state index < -0.39 is 64.5 Å². The third-order valence-corrected chi connectivity index (χ3v) is 7.19. The number of nitrogens with one attached hydrogen (secondary N) is 2. The number of halogens is 7. The largest absolute Gasteiger partial charge is 0.416 e. The third-order valence-electron chi connectivity index (χ3n) is 7.19. The van der Waals surface area contributed by atoms with Crippen LogP contribution in [0.25, 0.3) is 11.3 Å². The van der Waals surface area contributed by atoms with Gasteiger partial charge in [-0.25, -0.2) is 13.9 Å². The van der Waals surface area contributed by atoms with E-state index in [1.54, 1.807) is 0 Å². The molecule has 1 aliphatic rings. The lowest BCUT2D eigenvalue weighted by Gasteiger charge is -2.33. The smallest absolute Gasteiger partial charge is 0.383 e. The van der Waals surface area contributed by atoms with Gasteiger partial charge in [-0.1, -0.05) is 12.1 Å². The maximum atomic E-state index is 15.0. The Morgan fingerprint density at radius 1 is 1.00 bits per heavy atom. The van der Waals surface area contributed by atoms with Crippen molar-refractivity contribution in [2.24, 2.45) is 5.73 Å². The summed E-state index contributed by atoms with van der Waals surface area (Å²) in [5.41, 5.74) is 8.35. The highest BCUT2D eigenvalue weighted by atomic mass is 19.4. The van der Waals surface area contributed by atoms with E-state index in [1.165, 1.54) is 12.1 Å². The van der Waals surface area contributed by atoms with E-state index in [4.69, 9.17) is 11.5 Å². The van der Waals surface area contributed by atoms with Crippen molar-refractivity contribution < 1.29 is 40.3 Å². The molecule has 2 heterocycles. The Labute approximate surface area is 246 Å². The van der Waals surface area contributed by atoms with Crippen LogP contribution in [0.4, 0.5) is 52.7 Å². The number of hydrogen-bond acceptors (Lipinski definition) is 6. The van der Waals surface area contributed by atoms with E-state index >= 15 is 0 Å². The minimum absolute atomic E-state index is 0.0395. The van der Waals surface area contributed by atoms with Gasteiger partial charge in [0.25, 0.3) is 5.91 Å². The van der Waals surface area contributed by atoms with E-state index in [9.17, 15) is 40.3 Å². The van der Waals surface area contributed by atoms with Gasteiger partial charge in [-0.3, -0.25) is 9.69 Å². The van der Waals surface area contributed by atoms with E-state index in [0.29, 0.717) is 17.8 Å². The summed E-state index contributed by atoms with van der Waals surface area (Å²) < 4.78 is 96.7. The van der Waals surface area contributed by atoms with E-state index in [1.807, 2.05) is 11.9 Å². The molecule has 6 N–H and O–H groups in total. The number of rotatable bonds is 7. The Morgan fingerprint density at radius 2 is 1.66 bits per heavy atom. The zero-order valence-electron chi connectivity index (χ0n) is 23.5. The summed E-state index contributed by atoms with van der Waals surface area (Å²) in [6, 6.07) is 3.01. The average molecular weight is 631 g/mol. The Kier molecular flexibility index (Phi) is 9.11. The van der Waals surface area contributed by atoms with Gasteiger partial charge in [-0.15, -0.1) is 0 Å². The van der Waals surface area contributed by atoms with Gasteiger partial charge in [0.15, 0.2) is 0 Å². The van der Waals surface area contributed by atoms with Crippen LogP contribution in [0.15, 0.2) is 36.4 Å². The van der Waals surface area contributed by atoms with Gasteiger partial charge in [0.05, 0.1) is 11.3 Å². The number of benzene rings is 2. The second-order valence-corrected chi connectivity index (χ2v) is 10.4. The minimum Gasteiger partial charge on any atom is -0.383 e. The molecule has 1 saturated heterocycles. The maximum absolute atomic E-state index is 15.0. The lowest BCUT2D eigenvalue weighted by atomic mass is 10.0. The number of nitrogen functional groups attached to an aromatic ring is 1. The van der Waals surface area contributed by atoms with Crippen LogP contribution in [0.2, 0.25) is 0 Å². The number of urea groups is 1. The molecule has 0 saturated carbocycles. The van der Waals surface area contributed by atoms with Crippen LogP contribution in [-0.2, 0) is 12.7 Å². The second-order valence-electron chi connectivity index (χ2n) is 10.4. The molecule has 1 aliphatic heterocycles. The Balaban J connectivity index is 1.52. The molecule has 0 spiro atoms. The highest BCUT2D eigenvalue weighted by molar-refractivity contribution is 6.04. The first-order chi connectivity index (χ1) is 20.5. The first-order valence-electron chi connectivity index (χ1n) is 13.2. The number of nitrogens with two attached hydrogens (primary N) is 2. The quantitative estimate of drug-likeness (QED) is 0.275. The molecule has 3 amide bonds. The topological polar surface area (TPSA) is 135 Å². The molecule has 0 bridgehead atoms. The van der Waals surface area contributed by atoms with E-state index in [0.717, 1.165) is 44.3 Å². The number of amides is 3. The summed E-state index contributed by atoms with van der Waals surface area (Å²) in [7, 11) is 1.93. The van der Waals surface area contributed by atoms with Gasteiger partial charge < -0.3 is 27.0 Å². The Morgan fingerprint density at radius 3 is 2.23 bits per heavy atom. The average Bonchev–Trinajstić information content (AvgIpc) is 3.27. The van der Waals surface area contributed by atoms with Gasteiger partial charge in [-0.05, 0) is 43.8 Å². The Hall–Kier alpha value is -4.38. The van der Waals surface area contributed by atoms with Crippen molar-refractivity contribution in [2.75, 3.05) is 49.6 Å². The van der Waals surface area contributed by atoms with Crippen LogP contribution >= 0.6 is 0 Å². The molecule has 0 unspecified atom stereocenters. The molecule has 238 valence electrons. The molecule has 4 rings (SSSR count). The van der Waals surface area contributed by atoms with Gasteiger partial charge in [0.1, 0.15) is 28.9 Å². The fraction of sp³-hybridized carbons (Fsp3) is 0.370. The van der Waals surface area contributed by atoms with Crippen molar-refractivity contribution in [3.63, 3.8) is 0 Å². The summed E-state index contributed by atoms with van der Waals surface area (Å²) in [6.45, 7) is 3.48. The fourth-order valence-electron chi connectivity index (χ4n) is 4.68. The third kappa shape index (κ3) is 7.21. The molecule has 2 aromatic carbocycles. The number of aromatic nitrogens is 2. The standard InChI is InChI=1S/C27H29F7N8O2/c1-14(26(29,30)31)42-23(35)21(24(36)43)22(39-42)15-4-6-20(19(28)11-15)38-25(44)37-17-5-3-16(18(12-17)27(32,33)34)13-41-9-7-40(2)8-10-41/h3-6,11-12,14H,7-10,13,35H2,1-2H3,(H2,36,43)(H2,37,38,44)/t14-/m1/s1. The molecule has 1 fully saturated rings. The molecule has 1 aromatic heterocycles. The van der Waals surface area contributed by atoms with E-state index in [-0.39, 0.29) is 23.4 Å². The number of primary amides is 1. The second kappa shape index (κ2) is 12.3. The van der Waals surface area contributed by atoms with Gasteiger partial charge in [0.2, 0.25) is 0 Å². The summed E-state index contributed by atoms with van der Waals surface area (Å²) in [5, 5.41) is 8.14. The summed E-state index contributed by atoms with van der Waals surface area (Å²) >= 11 is 0. The fourth-order valence-corrected chi connectivity index (χ4v) is 4.68. The molecular weight excluding hydrogens is 601 g/mol. The zero-order chi connectivity index (χ0) is 32.6. The maximum Gasteiger partial charge on any atom is 0.416 e. The number of piperazine rings is 1. The van der Waals surface area contributed by atoms with Crippen LogP contribution < -0.4 is 22.1 Å². The van der Waals surface area contributed by atoms with Crippen molar-refractivity contribution in [3.8, 4) is 11.3 Å². The number of anilines is 3. The van der Waals surface area contributed by atoms with Crippen LogP contribution in [-0.4, -0.2) is 70.9 Å². The normalized spacial score (nSPS) is 15.7. The SMILES string of the molecule is C[C@@H](n1nc(-c2ccc(NC(=O)Nc3ccc(CN4CCN(C)CC4)c(C(F)(F)F)c3)c(F)c2)c(C(N)=O)c1N)C(F)(F)F. The highest BCUT2D eigenvalue weighted by Gasteiger charge is 2.40. The molecule has 17 heteroatoms. The first-order valence-corrected chi connectivity index (χ1v) is 13.2. The molecule has 1 atom stereocenters. The first kappa shape index (κ1) is 32.5. The summed E-state index contributed by atoms with van der Waals surface area (Å²) in [5.74, 6) is -2.97. The van der Waals surface area contributed by atoms with Gasteiger partial charge >= 0.3 is 18.4 Å². The highest BCUT2D eigenvalue weighted by Crippen LogP contribution is 2.37. The van der Waals surface area contributed by atoms with Crippen LogP contribution in [0.3, 0.4) is 0 Å². The molecule has 44 heavy (non-hydrogen) atoms. The summed E-state index contributed by atoms with van der Waals surface area (Å²) in [4.78, 5) is 28.5. The number of alkyl halides is 6. The lowest BCUT2D eigenvalue weighted by molar-refractivity contribution is -0.164. The monoisotopic (exact) mass is 630 g/mol. The predicted octanol–water partition coefficient (Wildman–Crippen LogP) is 4.90. The number of nitrogens with zero attached hydrogens (tertiary/aromatic N) is 4.